The van der Waals surface area contributed by atoms with Gasteiger partial charge in [-0.1, -0.05) is 5.16 Å². The van der Waals surface area contributed by atoms with Crippen molar-refractivity contribution in [3.63, 3.8) is 0 Å². The number of aromatic nitrogens is 2. The van der Waals surface area contributed by atoms with Gasteiger partial charge in [-0.2, -0.15) is 21.6 Å². The molecule has 0 fully saturated rings. The normalized spacial score (nSPS) is 11.5. The number of carbonyl (C=O) groups is 1. The second-order valence-corrected chi connectivity index (χ2v) is 5.81. The number of hydrogen-bond donors (Lipinski definition) is 0. The first-order valence-electron chi connectivity index (χ1n) is 7.34. The number of nitriles is 1. The molecule has 0 radical (unpaired) electrons. The summed E-state index contributed by atoms with van der Waals surface area (Å²) in [5.41, 5.74) is 1.37. The topological polar surface area (TPSA) is 98.2 Å². The van der Waals surface area contributed by atoms with Gasteiger partial charge in [0.2, 0.25) is 5.82 Å². The van der Waals surface area contributed by atoms with Crippen LogP contribution in [0.4, 0.5) is 0 Å². The molecule has 1 atom stereocenters. The van der Waals surface area contributed by atoms with Crippen LogP contribution in [0, 0.1) is 11.3 Å². The zero-order valence-electron chi connectivity index (χ0n) is 13.2. The van der Waals surface area contributed by atoms with Crippen molar-refractivity contribution in [1.82, 2.24) is 10.1 Å². The van der Waals surface area contributed by atoms with Crippen molar-refractivity contribution in [2.45, 2.75) is 19.6 Å². The molecule has 0 aliphatic rings. The molecular formula is C17H13N3O4S. The molecule has 0 saturated carbocycles. The van der Waals surface area contributed by atoms with E-state index in [2.05, 4.69) is 10.1 Å². The lowest BCUT2D eigenvalue weighted by molar-refractivity contribution is -0.153. The molecule has 0 amide bonds. The molecule has 0 unspecified atom stereocenters. The first-order valence-corrected chi connectivity index (χ1v) is 8.28. The van der Waals surface area contributed by atoms with E-state index in [1.165, 1.54) is 11.3 Å². The third-order valence-electron chi connectivity index (χ3n) is 3.21. The Morgan fingerprint density at radius 3 is 2.84 bits per heavy atom. The van der Waals surface area contributed by atoms with Gasteiger partial charge in [0.1, 0.15) is 5.75 Å². The highest BCUT2D eigenvalue weighted by atomic mass is 32.1. The van der Waals surface area contributed by atoms with Crippen LogP contribution in [-0.2, 0) is 16.1 Å². The molecule has 126 valence electrons. The molecule has 2 heterocycles. The van der Waals surface area contributed by atoms with E-state index in [0.717, 1.165) is 5.56 Å². The minimum Gasteiger partial charge on any atom is -0.479 e. The van der Waals surface area contributed by atoms with Crippen LogP contribution < -0.4 is 4.74 Å². The smallest absolute Gasteiger partial charge is 0.347 e. The highest BCUT2D eigenvalue weighted by Gasteiger charge is 2.18. The van der Waals surface area contributed by atoms with Gasteiger partial charge in [0.15, 0.2) is 12.7 Å². The Kier molecular flexibility index (Phi) is 5.06. The Bertz CT molecular complexity index is 882. The molecule has 0 aliphatic heterocycles. The molecule has 3 rings (SSSR count). The van der Waals surface area contributed by atoms with E-state index in [9.17, 15) is 4.79 Å². The van der Waals surface area contributed by atoms with Crippen molar-refractivity contribution < 1.29 is 18.8 Å². The van der Waals surface area contributed by atoms with Crippen molar-refractivity contribution in [3.8, 4) is 23.2 Å². The Morgan fingerprint density at radius 1 is 1.36 bits per heavy atom. The number of nitrogens with zero attached hydrogens (tertiary/aromatic N) is 3. The quantitative estimate of drug-likeness (QED) is 0.626. The number of ether oxygens (including phenoxy) is 2. The number of hydrogen-bond acceptors (Lipinski definition) is 8. The highest BCUT2D eigenvalue weighted by molar-refractivity contribution is 7.08. The predicted molar refractivity (Wildman–Crippen MR) is 88.7 cm³/mol. The number of carbonyl (C=O) groups excluding carboxylic acids is 1. The van der Waals surface area contributed by atoms with Gasteiger partial charge in [-0.15, -0.1) is 0 Å². The van der Waals surface area contributed by atoms with E-state index in [-0.39, 0.29) is 12.5 Å². The minimum atomic E-state index is -0.813. The molecule has 0 N–H and O–H groups in total. The van der Waals surface area contributed by atoms with Crippen LogP contribution in [0.25, 0.3) is 11.4 Å². The van der Waals surface area contributed by atoms with Gasteiger partial charge in [-0.05, 0) is 42.6 Å². The molecule has 0 spiro atoms. The molecule has 0 aliphatic carbocycles. The van der Waals surface area contributed by atoms with Crippen molar-refractivity contribution in [2.75, 3.05) is 0 Å². The van der Waals surface area contributed by atoms with E-state index < -0.39 is 12.1 Å². The Morgan fingerprint density at radius 2 is 2.16 bits per heavy atom. The van der Waals surface area contributed by atoms with Crippen LogP contribution in [0.15, 0.2) is 45.6 Å². The van der Waals surface area contributed by atoms with E-state index in [1.54, 1.807) is 31.2 Å². The van der Waals surface area contributed by atoms with Gasteiger partial charge in [0.25, 0.3) is 5.89 Å². The minimum absolute atomic E-state index is 0.128. The standard InChI is InChI=1S/C17H13N3O4S/c1-11(23-14-4-2-12(8-18)3-5-14)17(21)22-9-15-19-16(20-24-15)13-6-7-25-10-13/h2-7,10-11H,9H2,1H3/t11-/m0/s1. The van der Waals surface area contributed by atoms with Crippen molar-refractivity contribution >= 4 is 17.3 Å². The number of benzene rings is 1. The largest absolute Gasteiger partial charge is 0.479 e. The van der Waals surface area contributed by atoms with E-state index in [4.69, 9.17) is 19.3 Å². The summed E-state index contributed by atoms with van der Waals surface area (Å²) >= 11 is 1.53. The van der Waals surface area contributed by atoms with Crippen LogP contribution >= 0.6 is 11.3 Å². The summed E-state index contributed by atoms with van der Waals surface area (Å²) in [5.74, 6) is 0.579. The van der Waals surface area contributed by atoms with E-state index in [0.29, 0.717) is 17.1 Å². The molecule has 1 aromatic carbocycles. The van der Waals surface area contributed by atoms with Crippen molar-refractivity contribution in [1.29, 1.82) is 5.26 Å². The fourth-order valence-corrected chi connectivity index (χ4v) is 2.57. The average molecular weight is 355 g/mol. The maximum atomic E-state index is 12.0. The van der Waals surface area contributed by atoms with Crippen molar-refractivity contribution in [2.24, 2.45) is 0 Å². The Labute approximate surface area is 147 Å². The summed E-state index contributed by atoms with van der Waals surface area (Å²) < 4.78 is 15.7. The van der Waals surface area contributed by atoms with Crippen LogP contribution in [-0.4, -0.2) is 22.2 Å². The van der Waals surface area contributed by atoms with Gasteiger partial charge < -0.3 is 14.0 Å². The lowest BCUT2D eigenvalue weighted by Gasteiger charge is -2.13. The third kappa shape index (κ3) is 4.22. The summed E-state index contributed by atoms with van der Waals surface area (Å²) in [6.07, 6.45) is -0.813. The number of rotatable bonds is 6. The van der Waals surface area contributed by atoms with Crippen LogP contribution in [0.5, 0.6) is 5.75 Å². The molecule has 3 aromatic rings. The first kappa shape index (κ1) is 16.7. The van der Waals surface area contributed by atoms with Crippen LogP contribution in [0.1, 0.15) is 18.4 Å². The summed E-state index contributed by atoms with van der Waals surface area (Å²) in [7, 11) is 0. The Balaban J connectivity index is 1.52. The predicted octanol–water partition coefficient (Wildman–Crippen LogP) is 3.18. The molecule has 25 heavy (non-hydrogen) atoms. The third-order valence-corrected chi connectivity index (χ3v) is 3.90. The van der Waals surface area contributed by atoms with Gasteiger partial charge in [-0.3, -0.25) is 0 Å². The van der Waals surface area contributed by atoms with E-state index in [1.807, 2.05) is 22.9 Å². The average Bonchev–Trinajstić information content (AvgIpc) is 3.31. The molecule has 0 bridgehead atoms. The molecular weight excluding hydrogens is 342 g/mol. The summed E-state index contributed by atoms with van der Waals surface area (Å²) in [6.45, 7) is 1.45. The summed E-state index contributed by atoms with van der Waals surface area (Å²) in [5, 5.41) is 16.4. The highest BCUT2D eigenvalue weighted by Crippen LogP contribution is 2.19. The lowest BCUT2D eigenvalue weighted by Crippen LogP contribution is -2.26. The fourth-order valence-electron chi connectivity index (χ4n) is 1.93. The second-order valence-electron chi connectivity index (χ2n) is 5.03. The van der Waals surface area contributed by atoms with Crippen molar-refractivity contribution in [3.05, 3.63) is 52.5 Å². The molecule has 0 saturated heterocycles. The SMILES string of the molecule is C[C@H](Oc1ccc(C#N)cc1)C(=O)OCc1nc(-c2ccsc2)no1. The second kappa shape index (κ2) is 7.59. The van der Waals surface area contributed by atoms with Gasteiger partial charge in [-0.25, -0.2) is 4.79 Å². The van der Waals surface area contributed by atoms with Crippen LogP contribution in [0.2, 0.25) is 0 Å². The number of thiophene rings is 1. The maximum Gasteiger partial charge on any atom is 0.347 e. The molecule has 7 nitrogen and oxygen atoms in total. The maximum absolute atomic E-state index is 12.0. The first-order chi connectivity index (χ1) is 12.2. The van der Waals surface area contributed by atoms with E-state index >= 15 is 0 Å². The summed E-state index contributed by atoms with van der Waals surface area (Å²) in [6, 6.07) is 10.3. The Hall–Kier alpha value is -3.18. The fraction of sp³-hybridized carbons (Fsp3) is 0.176. The lowest BCUT2D eigenvalue weighted by atomic mass is 10.2. The summed E-state index contributed by atoms with van der Waals surface area (Å²) in [4.78, 5) is 16.2. The zero-order valence-corrected chi connectivity index (χ0v) is 14.0. The number of esters is 1. The van der Waals surface area contributed by atoms with Crippen LogP contribution in [0.3, 0.4) is 0 Å². The zero-order chi connectivity index (χ0) is 17.6. The van der Waals surface area contributed by atoms with Gasteiger partial charge in [0.05, 0.1) is 11.6 Å². The molecule has 2 aromatic heterocycles. The monoisotopic (exact) mass is 355 g/mol. The molecule has 8 heteroatoms. The van der Waals surface area contributed by atoms with Gasteiger partial charge in [0, 0.05) is 10.9 Å². The van der Waals surface area contributed by atoms with Gasteiger partial charge >= 0.3 is 5.97 Å².